The molecule has 0 aromatic rings. The average Bonchev–Trinajstić information content (AvgIpc) is 2.42. The number of hydrogen-bond acceptors (Lipinski definition) is 3. The van der Waals surface area contributed by atoms with E-state index in [0.29, 0.717) is 0 Å². The molecule has 1 aliphatic rings. The first-order chi connectivity index (χ1) is 4.80. The van der Waals surface area contributed by atoms with E-state index in [2.05, 4.69) is 24.3 Å². The van der Waals surface area contributed by atoms with Crippen LogP contribution >= 0.6 is 0 Å². The Labute approximate surface area is 62.4 Å². The first kappa shape index (κ1) is 9.59. The predicted octanol–water partition coefficient (Wildman–Crippen LogP) is -0.275. The number of hydrogen-bond donors (Lipinski definition) is 1. The maximum absolute atomic E-state index is 8.00. The number of nitrogens with zero attached hydrogens (tertiary/aromatic N) is 1. The molecule has 3 nitrogen and oxygen atoms in total. The molecule has 0 saturated carbocycles. The summed E-state index contributed by atoms with van der Waals surface area (Å²) >= 11 is 0. The Bertz CT molecular complexity index is 79.7. The molecule has 3 heteroatoms. The van der Waals surface area contributed by atoms with Gasteiger partial charge in [0.15, 0.2) is 0 Å². The molecule has 0 aliphatic carbocycles. The monoisotopic (exact) mass is 144 g/mol. The van der Waals surface area contributed by atoms with Crippen LogP contribution in [-0.2, 0) is 4.79 Å². The van der Waals surface area contributed by atoms with Crippen LogP contribution in [0.5, 0.6) is 0 Å². The van der Waals surface area contributed by atoms with Gasteiger partial charge in [-0.25, -0.2) is 0 Å². The minimum atomic E-state index is 0.787. The number of rotatable bonds is 1. The summed E-state index contributed by atoms with van der Waals surface area (Å²) < 4.78 is 0. The summed E-state index contributed by atoms with van der Waals surface area (Å²) in [6, 6.07) is 0.787. The Morgan fingerprint density at radius 3 is 2.30 bits per heavy atom. The van der Waals surface area contributed by atoms with Gasteiger partial charge in [-0.15, -0.1) is 0 Å². The number of carbonyl (C=O) groups excluding carboxylic acids is 1. The normalized spacial score (nSPS) is 24.1. The highest BCUT2D eigenvalue weighted by Crippen LogP contribution is 2.01. The maximum Gasteiger partial charge on any atom is 0.106 e. The van der Waals surface area contributed by atoms with Crippen molar-refractivity contribution in [3.05, 3.63) is 0 Å². The second-order valence-corrected chi connectivity index (χ2v) is 2.61. The molecule has 0 amide bonds. The molecule has 1 aliphatic heterocycles. The van der Waals surface area contributed by atoms with Gasteiger partial charge in [0.2, 0.25) is 0 Å². The van der Waals surface area contributed by atoms with E-state index in [1.54, 1.807) is 0 Å². The molecule has 1 unspecified atom stereocenters. The van der Waals surface area contributed by atoms with Crippen LogP contribution in [0.4, 0.5) is 0 Å². The Morgan fingerprint density at radius 1 is 1.50 bits per heavy atom. The van der Waals surface area contributed by atoms with Gasteiger partial charge in [-0.05, 0) is 27.1 Å². The van der Waals surface area contributed by atoms with Gasteiger partial charge >= 0.3 is 0 Å². The predicted molar refractivity (Wildman–Crippen MR) is 42.1 cm³/mol. The summed E-state index contributed by atoms with van der Waals surface area (Å²) in [5.41, 5.74) is 0. The summed E-state index contributed by atoms with van der Waals surface area (Å²) in [5.74, 6) is 0. The third-order valence-electron chi connectivity index (χ3n) is 1.76. The van der Waals surface area contributed by atoms with Crippen molar-refractivity contribution in [1.82, 2.24) is 10.2 Å². The van der Waals surface area contributed by atoms with E-state index in [0.717, 1.165) is 6.04 Å². The van der Waals surface area contributed by atoms with Crippen molar-refractivity contribution in [2.75, 3.05) is 27.2 Å². The molecule has 10 heavy (non-hydrogen) atoms. The fraction of sp³-hybridized carbons (Fsp3) is 0.857. The molecule has 0 bridgehead atoms. The van der Waals surface area contributed by atoms with Crippen molar-refractivity contribution >= 4 is 6.79 Å². The molecular weight excluding hydrogens is 128 g/mol. The molecule has 1 N–H and O–H groups in total. The maximum atomic E-state index is 8.00. The van der Waals surface area contributed by atoms with Crippen molar-refractivity contribution in [3.8, 4) is 0 Å². The number of carbonyl (C=O) groups is 1. The minimum absolute atomic E-state index is 0.787. The van der Waals surface area contributed by atoms with Crippen LogP contribution in [0.1, 0.15) is 6.42 Å². The van der Waals surface area contributed by atoms with Crippen LogP contribution in [0.15, 0.2) is 0 Å². The molecule has 0 radical (unpaired) electrons. The molecule has 0 spiro atoms. The van der Waals surface area contributed by atoms with Gasteiger partial charge in [-0.3, -0.25) is 0 Å². The standard InChI is InChI=1S/C6H14N2.CH2O/c1-8(2)6-3-4-7-5-6;1-2/h6-7H,3-5H2,1-2H3;1H2. The van der Waals surface area contributed by atoms with E-state index in [9.17, 15) is 0 Å². The number of nitrogens with one attached hydrogen (secondary N) is 1. The van der Waals surface area contributed by atoms with Crippen LogP contribution in [0.25, 0.3) is 0 Å². The Morgan fingerprint density at radius 2 is 2.10 bits per heavy atom. The molecule has 1 heterocycles. The van der Waals surface area contributed by atoms with Crippen LogP contribution in [0, 0.1) is 0 Å². The fourth-order valence-corrected chi connectivity index (χ4v) is 1.08. The topological polar surface area (TPSA) is 32.3 Å². The first-order valence-electron chi connectivity index (χ1n) is 3.46. The van der Waals surface area contributed by atoms with Gasteiger partial charge < -0.3 is 15.0 Å². The molecule has 1 rings (SSSR count). The molecule has 1 atom stereocenters. The van der Waals surface area contributed by atoms with Gasteiger partial charge in [-0.2, -0.15) is 0 Å². The van der Waals surface area contributed by atoms with E-state index >= 15 is 0 Å². The SMILES string of the molecule is C=O.CN(C)C1CCNC1. The number of likely N-dealkylation sites (N-methyl/N-ethyl adjacent to an activating group) is 1. The Balaban J connectivity index is 0.000000371. The lowest BCUT2D eigenvalue weighted by Gasteiger charge is -2.16. The van der Waals surface area contributed by atoms with E-state index in [-0.39, 0.29) is 0 Å². The van der Waals surface area contributed by atoms with E-state index in [1.807, 2.05) is 6.79 Å². The third-order valence-corrected chi connectivity index (χ3v) is 1.76. The Kier molecular flexibility index (Phi) is 5.16. The summed E-state index contributed by atoms with van der Waals surface area (Å²) in [7, 11) is 4.27. The molecule has 60 valence electrons. The van der Waals surface area contributed by atoms with Gasteiger partial charge in [0.1, 0.15) is 6.79 Å². The minimum Gasteiger partial charge on any atom is -0.315 e. The van der Waals surface area contributed by atoms with Crippen LogP contribution in [-0.4, -0.2) is 44.9 Å². The van der Waals surface area contributed by atoms with Crippen LogP contribution < -0.4 is 5.32 Å². The molecule has 1 saturated heterocycles. The molecule has 0 aromatic carbocycles. The van der Waals surface area contributed by atoms with E-state index in [1.165, 1.54) is 19.5 Å². The quantitative estimate of drug-likeness (QED) is 0.549. The average molecular weight is 144 g/mol. The second-order valence-electron chi connectivity index (χ2n) is 2.61. The first-order valence-corrected chi connectivity index (χ1v) is 3.46. The summed E-state index contributed by atoms with van der Waals surface area (Å²) in [6.07, 6.45) is 1.31. The third kappa shape index (κ3) is 2.94. The molecular formula is C7H16N2O. The molecule has 0 aromatic heterocycles. The Hall–Kier alpha value is -0.410. The van der Waals surface area contributed by atoms with E-state index in [4.69, 9.17) is 4.79 Å². The van der Waals surface area contributed by atoms with Crippen molar-refractivity contribution in [2.24, 2.45) is 0 Å². The van der Waals surface area contributed by atoms with Crippen molar-refractivity contribution < 1.29 is 4.79 Å². The van der Waals surface area contributed by atoms with Gasteiger partial charge in [0.05, 0.1) is 0 Å². The lowest BCUT2D eigenvalue weighted by molar-refractivity contribution is -0.0979. The van der Waals surface area contributed by atoms with E-state index < -0.39 is 0 Å². The van der Waals surface area contributed by atoms with Gasteiger partial charge in [0.25, 0.3) is 0 Å². The smallest absolute Gasteiger partial charge is 0.106 e. The highest BCUT2D eigenvalue weighted by Gasteiger charge is 2.14. The van der Waals surface area contributed by atoms with Gasteiger partial charge in [-0.1, -0.05) is 0 Å². The zero-order valence-electron chi connectivity index (χ0n) is 6.76. The van der Waals surface area contributed by atoms with Crippen molar-refractivity contribution in [3.63, 3.8) is 0 Å². The lowest BCUT2D eigenvalue weighted by Crippen LogP contribution is -2.29. The second kappa shape index (κ2) is 5.38. The summed E-state index contributed by atoms with van der Waals surface area (Å²) in [5, 5.41) is 3.31. The van der Waals surface area contributed by atoms with Crippen molar-refractivity contribution in [1.29, 1.82) is 0 Å². The van der Waals surface area contributed by atoms with Gasteiger partial charge in [0, 0.05) is 12.6 Å². The zero-order valence-corrected chi connectivity index (χ0v) is 6.76. The largest absolute Gasteiger partial charge is 0.315 e. The molecule has 1 fully saturated rings. The zero-order chi connectivity index (χ0) is 7.98. The van der Waals surface area contributed by atoms with Crippen molar-refractivity contribution in [2.45, 2.75) is 12.5 Å². The van der Waals surface area contributed by atoms with Crippen LogP contribution in [0.3, 0.4) is 0 Å². The highest BCUT2D eigenvalue weighted by molar-refractivity contribution is 5.10. The summed E-state index contributed by atoms with van der Waals surface area (Å²) in [4.78, 5) is 10.3. The lowest BCUT2D eigenvalue weighted by atomic mass is 10.2. The summed E-state index contributed by atoms with van der Waals surface area (Å²) in [6.45, 7) is 4.37. The highest BCUT2D eigenvalue weighted by atomic mass is 16.1. The fourth-order valence-electron chi connectivity index (χ4n) is 1.08. The van der Waals surface area contributed by atoms with Crippen LogP contribution in [0.2, 0.25) is 0 Å².